The molecule has 1 aromatic rings. The lowest BCUT2D eigenvalue weighted by Gasteiger charge is -1.94. The Labute approximate surface area is 56.2 Å². The second kappa shape index (κ2) is 1.73. The number of rotatable bonds is 0. The van der Waals surface area contributed by atoms with Crippen molar-refractivity contribution in [3.63, 3.8) is 0 Å². The van der Waals surface area contributed by atoms with Crippen LogP contribution in [-0.4, -0.2) is 16.4 Å². The van der Waals surface area contributed by atoms with E-state index in [1.807, 2.05) is 0 Å². The van der Waals surface area contributed by atoms with Gasteiger partial charge in [-0.3, -0.25) is 10.2 Å². The maximum Gasteiger partial charge on any atom is 0.320 e. The molecule has 2 rings (SSSR count). The summed E-state index contributed by atoms with van der Waals surface area (Å²) in [7, 11) is 0. The molecule has 1 aliphatic heterocycles. The van der Waals surface area contributed by atoms with E-state index in [2.05, 4.69) is 10.4 Å². The quantitative estimate of drug-likeness (QED) is 0.508. The molecule has 5 heteroatoms. The van der Waals surface area contributed by atoms with E-state index in [0.29, 0.717) is 12.7 Å². The summed E-state index contributed by atoms with van der Waals surface area (Å²) in [5.74, 6) is 0. The third kappa shape index (κ3) is 0.570. The molecular weight excluding hydrogens is 134 g/mol. The Bertz CT molecular complexity index is 306. The third-order valence-corrected chi connectivity index (χ3v) is 1.24. The molecule has 0 unspecified atom stereocenters. The molecule has 10 heavy (non-hydrogen) atoms. The molecule has 1 aromatic heterocycles. The van der Waals surface area contributed by atoms with Crippen LogP contribution in [0.2, 0.25) is 0 Å². The van der Waals surface area contributed by atoms with Gasteiger partial charge in [0, 0.05) is 12.3 Å². The summed E-state index contributed by atoms with van der Waals surface area (Å²) >= 11 is 0. The van der Waals surface area contributed by atoms with E-state index < -0.39 is 0 Å². The molecule has 0 atom stereocenters. The number of hydrogen-bond acceptors (Lipinski definition) is 4. The lowest BCUT2D eigenvalue weighted by atomic mass is 10.7. The van der Waals surface area contributed by atoms with Gasteiger partial charge in [0.25, 0.3) is 5.56 Å². The van der Waals surface area contributed by atoms with E-state index in [1.54, 1.807) is 0 Å². The van der Waals surface area contributed by atoms with Crippen molar-refractivity contribution in [2.24, 2.45) is 0 Å². The molecule has 5 nitrogen and oxygen atoms in total. The highest BCUT2D eigenvalue weighted by Gasteiger charge is 2.10. The van der Waals surface area contributed by atoms with E-state index in [9.17, 15) is 4.79 Å². The van der Waals surface area contributed by atoms with Gasteiger partial charge in [0.05, 0.1) is 0 Å². The predicted octanol–water partition coefficient (Wildman–Crippen LogP) is -0.863. The van der Waals surface area contributed by atoms with E-state index in [-0.39, 0.29) is 5.56 Å². The summed E-state index contributed by atoms with van der Waals surface area (Å²) in [6.07, 6.45) is 1.42. The SMILES string of the molecule is O=c1ccnc2n1NCO2. The van der Waals surface area contributed by atoms with Gasteiger partial charge in [-0.05, 0) is 0 Å². The molecule has 0 saturated heterocycles. The van der Waals surface area contributed by atoms with Gasteiger partial charge in [0.15, 0.2) is 6.73 Å². The van der Waals surface area contributed by atoms with Crippen LogP contribution in [-0.2, 0) is 0 Å². The smallest absolute Gasteiger partial charge is 0.320 e. The van der Waals surface area contributed by atoms with E-state index >= 15 is 0 Å². The van der Waals surface area contributed by atoms with Crippen LogP contribution < -0.4 is 15.7 Å². The van der Waals surface area contributed by atoms with Crippen molar-refractivity contribution in [1.29, 1.82) is 0 Å². The van der Waals surface area contributed by atoms with Crippen LogP contribution in [0.1, 0.15) is 0 Å². The van der Waals surface area contributed by atoms with Crippen molar-refractivity contribution in [2.45, 2.75) is 0 Å². The highest BCUT2D eigenvalue weighted by molar-refractivity contribution is 5.04. The molecular formula is C5H5N3O2. The maximum absolute atomic E-state index is 10.9. The van der Waals surface area contributed by atoms with E-state index in [1.165, 1.54) is 16.9 Å². The van der Waals surface area contributed by atoms with Gasteiger partial charge in [-0.2, -0.15) is 4.68 Å². The molecule has 0 radical (unpaired) electrons. The Hall–Kier alpha value is -1.52. The normalized spacial score (nSPS) is 13.6. The van der Waals surface area contributed by atoms with Gasteiger partial charge in [-0.25, -0.2) is 4.98 Å². The molecule has 0 fully saturated rings. The minimum Gasteiger partial charge on any atom is -0.441 e. The summed E-state index contributed by atoms with van der Waals surface area (Å²) < 4.78 is 6.18. The zero-order valence-electron chi connectivity index (χ0n) is 5.07. The topological polar surface area (TPSA) is 56.2 Å². The van der Waals surface area contributed by atoms with Crippen molar-refractivity contribution in [3.05, 3.63) is 22.6 Å². The van der Waals surface area contributed by atoms with Crippen molar-refractivity contribution in [3.8, 4) is 6.01 Å². The monoisotopic (exact) mass is 139 g/mol. The first-order valence-electron chi connectivity index (χ1n) is 2.83. The fourth-order valence-corrected chi connectivity index (χ4v) is 0.800. The third-order valence-electron chi connectivity index (χ3n) is 1.24. The Morgan fingerprint density at radius 1 is 1.80 bits per heavy atom. The first-order chi connectivity index (χ1) is 4.88. The molecule has 0 aromatic carbocycles. The van der Waals surface area contributed by atoms with Crippen molar-refractivity contribution < 1.29 is 4.74 Å². The van der Waals surface area contributed by atoms with Gasteiger partial charge in [0.1, 0.15) is 0 Å². The van der Waals surface area contributed by atoms with Crippen LogP contribution in [0.15, 0.2) is 17.1 Å². The zero-order valence-corrected chi connectivity index (χ0v) is 5.07. The molecule has 0 saturated carbocycles. The summed E-state index contributed by atoms with van der Waals surface area (Å²) in [4.78, 5) is 14.7. The molecule has 0 spiro atoms. The van der Waals surface area contributed by atoms with Gasteiger partial charge in [0.2, 0.25) is 0 Å². The van der Waals surface area contributed by atoms with Crippen LogP contribution in [0.3, 0.4) is 0 Å². The van der Waals surface area contributed by atoms with Crippen LogP contribution in [0.25, 0.3) is 0 Å². The second-order valence-corrected chi connectivity index (χ2v) is 1.85. The molecule has 0 aliphatic carbocycles. The average molecular weight is 139 g/mol. The zero-order chi connectivity index (χ0) is 6.97. The van der Waals surface area contributed by atoms with Crippen LogP contribution in [0.4, 0.5) is 0 Å². The van der Waals surface area contributed by atoms with Gasteiger partial charge in [-0.15, -0.1) is 0 Å². The second-order valence-electron chi connectivity index (χ2n) is 1.85. The molecule has 2 heterocycles. The molecule has 0 amide bonds. The molecule has 1 N–H and O–H groups in total. The Morgan fingerprint density at radius 3 is 3.50 bits per heavy atom. The standard InChI is InChI=1S/C5H5N3O2/c9-4-1-2-6-5-8(4)7-3-10-5/h1-2,7H,3H2. The van der Waals surface area contributed by atoms with Crippen LogP contribution >= 0.6 is 0 Å². The Morgan fingerprint density at radius 2 is 2.70 bits per heavy atom. The Balaban J connectivity index is 2.70. The fraction of sp³-hybridized carbons (Fsp3) is 0.200. The van der Waals surface area contributed by atoms with Gasteiger partial charge < -0.3 is 4.74 Å². The molecule has 1 aliphatic rings. The minimum absolute atomic E-state index is 0.150. The lowest BCUT2D eigenvalue weighted by molar-refractivity contribution is 0.356. The number of fused-ring (bicyclic) bond motifs is 1. The van der Waals surface area contributed by atoms with Crippen LogP contribution in [0.5, 0.6) is 6.01 Å². The lowest BCUT2D eigenvalue weighted by Crippen LogP contribution is -2.23. The first-order valence-corrected chi connectivity index (χ1v) is 2.83. The summed E-state index contributed by atoms with van der Waals surface area (Å²) in [6, 6.07) is 1.69. The van der Waals surface area contributed by atoms with Crippen molar-refractivity contribution in [2.75, 3.05) is 12.2 Å². The first kappa shape index (κ1) is 5.28. The number of ether oxygens (including phenoxy) is 1. The molecule has 0 bridgehead atoms. The van der Waals surface area contributed by atoms with E-state index in [4.69, 9.17) is 4.74 Å². The van der Waals surface area contributed by atoms with Gasteiger partial charge >= 0.3 is 6.01 Å². The predicted molar refractivity (Wildman–Crippen MR) is 33.4 cm³/mol. The van der Waals surface area contributed by atoms with Crippen molar-refractivity contribution >= 4 is 0 Å². The Kier molecular flexibility index (Phi) is 0.913. The average Bonchev–Trinajstić information content (AvgIpc) is 2.36. The highest BCUT2D eigenvalue weighted by atomic mass is 16.5. The van der Waals surface area contributed by atoms with Gasteiger partial charge in [-0.1, -0.05) is 0 Å². The largest absolute Gasteiger partial charge is 0.441 e. The molecule has 52 valence electrons. The van der Waals surface area contributed by atoms with E-state index in [0.717, 1.165) is 0 Å². The van der Waals surface area contributed by atoms with Crippen molar-refractivity contribution in [1.82, 2.24) is 9.66 Å². The summed E-state index contributed by atoms with van der Waals surface area (Å²) in [6.45, 7) is 0.312. The highest BCUT2D eigenvalue weighted by Crippen LogP contribution is 2.03. The van der Waals surface area contributed by atoms with Crippen LogP contribution in [0, 0.1) is 0 Å². The minimum atomic E-state index is -0.150. The number of aromatic nitrogens is 2. The summed E-state index contributed by atoms with van der Waals surface area (Å²) in [5, 5.41) is 0. The number of nitrogens with one attached hydrogen (secondary N) is 1. The summed E-state index contributed by atoms with van der Waals surface area (Å²) in [5.41, 5.74) is 2.54. The maximum atomic E-state index is 10.9. The number of nitrogens with zero attached hydrogens (tertiary/aromatic N) is 2. The number of hydrogen-bond donors (Lipinski definition) is 1. The fourth-order valence-electron chi connectivity index (χ4n) is 0.800.